The van der Waals surface area contributed by atoms with Crippen molar-refractivity contribution in [2.24, 2.45) is 0 Å². The van der Waals surface area contributed by atoms with E-state index in [2.05, 4.69) is 0 Å². The van der Waals surface area contributed by atoms with Gasteiger partial charge in [-0.2, -0.15) is 13.2 Å². The minimum Gasteiger partial charge on any atom is -0.348 e. The summed E-state index contributed by atoms with van der Waals surface area (Å²) in [7, 11) is -6.34. The summed E-state index contributed by atoms with van der Waals surface area (Å²) in [6, 6.07) is 5.02. The lowest BCUT2D eigenvalue weighted by atomic mass is 10.2. The van der Waals surface area contributed by atoms with Gasteiger partial charge in [-0.3, -0.25) is 9.52 Å². The second-order valence-corrected chi connectivity index (χ2v) is 10.9. The molecule has 0 aromatic heterocycles. The maximum Gasteiger partial charge on any atom is 0.417 e. The lowest BCUT2D eigenvalue weighted by Crippen LogP contribution is -2.29. The van der Waals surface area contributed by atoms with Crippen molar-refractivity contribution in [3.05, 3.63) is 52.0 Å². The average Bonchev–Trinajstić information content (AvgIpc) is 2.59. The molecule has 0 radical (unpaired) electrons. The Morgan fingerprint density at radius 2 is 1.65 bits per heavy atom. The van der Waals surface area contributed by atoms with Crippen molar-refractivity contribution in [1.29, 1.82) is 0 Å². The van der Waals surface area contributed by atoms with Gasteiger partial charge < -0.3 is 4.90 Å². The van der Waals surface area contributed by atoms with Crippen LogP contribution in [0.4, 0.5) is 18.9 Å². The van der Waals surface area contributed by atoms with Crippen LogP contribution in [0.2, 0.25) is 10.0 Å². The van der Waals surface area contributed by atoms with Crippen LogP contribution in [-0.4, -0.2) is 47.5 Å². The van der Waals surface area contributed by atoms with E-state index in [-0.39, 0.29) is 5.02 Å². The number of sulfone groups is 1. The molecule has 31 heavy (non-hydrogen) atoms. The summed E-state index contributed by atoms with van der Waals surface area (Å²) in [5.74, 6) is -1.73. The first kappa shape index (κ1) is 25.2. The predicted molar refractivity (Wildman–Crippen MR) is 109 cm³/mol. The monoisotopic (exact) mass is 518 g/mol. The van der Waals surface area contributed by atoms with Crippen molar-refractivity contribution in [2.45, 2.75) is 16.0 Å². The van der Waals surface area contributed by atoms with E-state index in [0.29, 0.717) is 6.07 Å². The zero-order valence-corrected chi connectivity index (χ0v) is 19.0. The summed E-state index contributed by atoms with van der Waals surface area (Å²) in [6.45, 7) is 0. The third kappa shape index (κ3) is 6.03. The number of hydrogen-bond donors (Lipinski definition) is 1. The van der Waals surface area contributed by atoms with E-state index in [4.69, 9.17) is 23.2 Å². The molecule has 0 aliphatic carbocycles. The summed E-state index contributed by atoms with van der Waals surface area (Å²) in [5.41, 5.74) is -1.91. The standard InChI is InChI=1S/C17H15Cl2F3N2O5S2/c1-24(2)16(25)9-30(26,27)15-6-3-10(18)7-14(15)23-31(28,29)11-4-5-13(19)12(8-11)17(20,21)22/h3-8,23H,9H2,1-2H3. The number of carbonyl (C=O) groups excluding carboxylic acids is 1. The predicted octanol–water partition coefficient (Wildman–Crippen LogP) is 3.67. The van der Waals surface area contributed by atoms with Crippen molar-refractivity contribution >= 4 is 54.7 Å². The van der Waals surface area contributed by atoms with Crippen LogP contribution in [0.1, 0.15) is 5.56 Å². The first-order valence-electron chi connectivity index (χ1n) is 8.16. The third-order valence-corrected chi connectivity index (χ3v) is 7.47. The number of hydrogen-bond acceptors (Lipinski definition) is 5. The second-order valence-electron chi connectivity index (χ2n) is 6.43. The maximum absolute atomic E-state index is 13.1. The molecule has 7 nitrogen and oxygen atoms in total. The highest BCUT2D eigenvalue weighted by Crippen LogP contribution is 2.36. The van der Waals surface area contributed by atoms with Gasteiger partial charge in [-0.25, -0.2) is 16.8 Å². The largest absolute Gasteiger partial charge is 0.417 e. The van der Waals surface area contributed by atoms with Crippen LogP contribution in [0.15, 0.2) is 46.2 Å². The van der Waals surface area contributed by atoms with E-state index in [0.717, 1.165) is 35.2 Å². The van der Waals surface area contributed by atoms with Crippen LogP contribution in [0.5, 0.6) is 0 Å². The van der Waals surface area contributed by atoms with Crippen molar-refractivity contribution in [3.63, 3.8) is 0 Å². The Morgan fingerprint density at radius 1 is 1.03 bits per heavy atom. The fourth-order valence-electron chi connectivity index (χ4n) is 2.32. The second kappa shape index (κ2) is 8.85. The summed E-state index contributed by atoms with van der Waals surface area (Å²) in [4.78, 5) is 11.5. The molecular weight excluding hydrogens is 504 g/mol. The van der Waals surface area contributed by atoms with Crippen molar-refractivity contribution < 1.29 is 34.8 Å². The van der Waals surface area contributed by atoms with E-state index < -0.39 is 63.8 Å². The summed E-state index contributed by atoms with van der Waals surface area (Å²) >= 11 is 11.3. The Kier molecular flexibility index (Phi) is 7.20. The lowest BCUT2D eigenvalue weighted by Gasteiger charge is -2.16. The topological polar surface area (TPSA) is 101 Å². The van der Waals surface area contributed by atoms with Crippen molar-refractivity contribution in [3.8, 4) is 0 Å². The Hall–Kier alpha value is -2.02. The summed E-state index contributed by atoms with van der Waals surface area (Å²) in [6.07, 6.45) is -4.92. The number of sulfonamides is 1. The zero-order valence-electron chi connectivity index (χ0n) is 15.9. The molecule has 2 rings (SSSR count). The quantitative estimate of drug-likeness (QED) is 0.628. The third-order valence-electron chi connectivity index (χ3n) is 3.89. The van der Waals surface area contributed by atoms with Gasteiger partial charge in [-0.15, -0.1) is 0 Å². The molecule has 0 heterocycles. The van der Waals surface area contributed by atoms with E-state index in [1.165, 1.54) is 14.1 Å². The van der Waals surface area contributed by atoms with Gasteiger partial charge in [-0.05, 0) is 36.4 Å². The lowest BCUT2D eigenvalue weighted by molar-refractivity contribution is -0.137. The molecule has 2 aromatic rings. The zero-order chi connectivity index (χ0) is 23.8. The molecule has 0 spiro atoms. The first-order chi connectivity index (χ1) is 14.0. The minimum atomic E-state index is -4.92. The maximum atomic E-state index is 13.1. The molecule has 0 fully saturated rings. The van der Waals surface area contributed by atoms with E-state index in [9.17, 15) is 34.8 Å². The van der Waals surface area contributed by atoms with Gasteiger partial charge in [-0.1, -0.05) is 23.2 Å². The van der Waals surface area contributed by atoms with Gasteiger partial charge >= 0.3 is 6.18 Å². The molecule has 0 atom stereocenters. The number of alkyl halides is 3. The minimum absolute atomic E-state index is 0.0531. The molecule has 0 unspecified atom stereocenters. The number of nitrogens with one attached hydrogen (secondary N) is 1. The summed E-state index contributed by atoms with van der Waals surface area (Å²) in [5, 5.41) is -0.762. The van der Waals surface area contributed by atoms with E-state index >= 15 is 0 Å². The van der Waals surface area contributed by atoms with Crippen molar-refractivity contribution in [1.82, 2.24) is 4.90 Å². The molecular formula is C17H15Cl2F3N2O5S2. The van der Waals surface area contributed by atoms with Gasteiger partial charge in [0, 0.05) is 19.1 Å². The van der Waals surface area contributed by atoms with Crippen LogP contribution in [-0.2, 0) is 30.8 Å². The Balaban J connectivity index is 2.54. The summed E-state index contributed by atoms with van der Waals surface area (Å²) < 4.78 is 91.8. The fourth-order valence-corrected chi connectivity index (χ4v) is 5.33. The number of anilines is 1. The molecule has 0 saturated heterocycles. The first-order valence-corrected chi connectivity index (χ1v) is 12.1. The molecule has 0 aliphatic heterocycles. The highest BCUT2D eigenvalue weighted by molar-refractivity contribution is 7.93. The molecule has 170 valence electrons. The Bertz CT molecular complexity index is 1230. The van der Waals surface area contributed by atoms with Crippen LogP contribution in [0, 0.1) is 0 Å². The van der Waals surface area contributed by atoms with E-state index in [1.807, 2.05) is 4.72 Å². The molecule has 0 aliphatic rings. The van der Waals surface area contributed by atoms with E-state index in [1.54, 1.807) is 0 Å². The number of benzene rings is 2. The Labute approximate surface area is 186 Å². The molecule has 0 bridgehead atoms. The van der Waals surface area contributed by atoms with Gasteiger partial charge in [0.2, 0.25) is 5.91 Å². The van der Waals surface area contributed by atoms with Gasteiger partial charge in [0.1, 0.15) is 5.75 Å². The van der Waals surface area contributed by atoms with Crippen molar-refractivity contribution in [2.75, 3.05) is 24.6 Å². The number of amides is 1. The van der Waals surface area contributed by atoms with Gasteiger partial charge in [0.25, 0.3) is 10.0 Å². The fraction of sp³-hybridized carbons (Fsp3) is 0.235. The van der Waals surface area contributed by atoms with Crippen LogP contribution in [0.3, 0.4) is 0 Å². The van der Waals surface area contributed by atoms with Gasteiger partial charge in [0.05, 0.1) is 26.1 Å². The van der Waals surface area contributed by atoms with Gasteiger partial charge in [0.15, 0.2) is 9.84 Å². The highest BCUT2D eigenvalue weighted by Gasteiger charge is 2.35. The SMILES string of the molecule is CN(C)C(=O)CS(=O)(=O)c1ccc(Cl)cc1NS(=O)(=O)c1ccc(Cl)c(C(F)(F)F)c1. The molecule has 14 heteroatoms. The van der Waals surface area contributed by atoms with Crippen LogP contribution in [0.25, 0.3) is 0 Å². The van der Waals surface area contributed by atoms with Crippen LogP contribution >= 0.6 is 23.2 Å². The van der Waals surface area contributed by atoms with Crippen LogP contribution < -0.4 is 4.72 Å². The molecule has 0 saturated carbocycles. The molecule has 2 aromatic carbocycles. The molecule has 1 amide bonds. The Morgan fingerprint density at radius 3 is 2.19 bits per heavy atom. The highest BCUT2D eigenvalue weighted by atomic mass is 35.5. The molecule has 1 N–H and O–H groups in total. The average molecular weight is 519 g/mol. The number of halogens is 5. The smallest absolute Gasteiger partial charge is 0.348 e. The number of nitrogens with zero attached hydrogens (tertiary/aromatic N) is 1. The number of carbonyl (C=O) groups is 1. The normalized spacial score (nSPS) is 12.5. The number of rotatable bonds is 6.